The Bertz CT molecular complexity index is 1040. The third kappa shape index (κ3) is 3.44. The molecule has 0 fully saturated rings. The number of rotatable bonds is 4. The van der Waals surface area contributed by atoms with Crippen molar-refractivity contribution >= 4 is 27.5 Å². The van der Waals surface area contributed by atoms with Crippen molar-refractivity contribution in [1.82, 2.24) is 4.57 Å². The zero-order valence-electron chi connectivity index (χ0n) is 15.9. The second-order valence-electron chi connectivity index (χ2n) is 6.50. The molecule has 136 valence electrons. The van der Waals surface area contributed by atoms with Crippen LogP contribution in [0.15, 0.2) is 35.3 Å². The van der Waals surface area contributed by atoms with Gasteiger partial charge in [-0.15, -0.1) is 0 Å². The van der Waals surface area contributed by atoms with Crippen LogP contribution in [0.1, 0.15) is 29.2 Å². The number of aromatic nitrogens is 1. The van der Waals surface area contributed by atoms with Crippen molar-refractivity contribution in [3.8, 4) is 5.75 Å². The molecular weight excluding hydrogens is 344 g/mol. The van der Waals surface area contributed by atoms with Gasteiger partial charge in [0.1, 0.15) is 11.3 Å². The minimum atomic E-state index is -0.121. The number of hydrogen-bond acceptors (Lipinski definition) is 3. The normalized spacial score (nSPS) is 12.0. The Morgan fingerprint density at radius 3 is 2.58 bits per heavy atom. The molecule has 0 unspecified atom stereocenters. The molecule has 1 heterocycles. The van der Waals surface area contributed by atoms with Gasteiger partial charge in [0.2, 0.25) is 0 Å². The highest BCUT2D eigenvalue weighted by Crippen LogP contribution is 2.30. The van der Waals surface area contributed by atoms with Gasteiger partial charge in [0, 0.05) is 6.54 Å². The number of amides is 1. The Labute approximate surface area is 157 Å². The molecule has 0 N–H and O–H groups in total. The van der Waals surface area contributed by atoms with Crippen LogP contribution in [-0.4, -0.2) is 17.6 Å². The van der Waals surface area contributed by atoms with Crippen LogP contribution in [0, 0.1) is 20.8 Å². The first-order valence-corrected chi connectivity index (χ1v) is 9.56. The molecule has 1 aromatic heterocycles. The standard InChI is InChI=1S/C21H24N2O2S/c1-6-23-19-17(25-5)10-9-15(4)20(19)26-21(23)22-18(24)12-16-11-13(2)7-8-14(16)3/h7-11H,6,12H2,1-5H3. The van der Waals surface area contributed by atoms with Gasteiger partial charge < -0.3 is 9.30 Å². The highest BCUT2D eigenvalue weighted by molar-refractivity contribution is 7.16. The van der Waals surface area contributed by atoms with E-state index in [0.29, 0.717) is 6.42 Å². The van der Waals surface area contributed by atoms with E-state index in [1.165, 1.54) is 0 Å². The minimum Gasteiger partial charge on any atom is -0.495 e. The molecule has 3 aromatic rings. The van der Waals surface area contributed by atoms with Crippen LogP contribution in [0.3, 0.4) is 0 Å². The Morgan fingerprint density at radius 2 is 1.88 bits per heavy atom. The molecule has 0 radical (unpaired) electrons. The summed E-state index contributed by atoms with van der Waals surface area (Å²) < 4.78 is 8.70. The van der Waals surface area contributed by atoms with Crippen LogP contribution < -0.4 is 9.54 Å². The number of carbonyl (C=O) groups excluding carboxylic acids is 1. The van der Waals surface area contributed by atoms with Gasteiger partial charge in [0.15, 0.2) is 4.80 Å². The zero-order chi connectivity index (χ0) is 18.8. The van der Waals surface area contributed by atoms with E-state index in [1.54, 1.807) is 18.4 Å². The Balaban J connectivity index is 2.08. The van der Waals surface area contributed by atoms with Crippen LogP contribution in [0.5, 0.6) is 5.75 Å². The quantitative estimate of drug-likeness (QED) is 0.688. The average Bonchev–Trinajstić information content (AvgIpc) is 2.97. The first-order valence-electron chi connectivity index (χ1n) is 8.75. The molecule has 0 saturated carbocycles. The number of carbonyl (C=O) groups is 1. The molecule has 0 atom stereocenters. The maximum atomic E-state index is 12.6. The number of hydrogen-bond donors (Lipinski definition) is 0. The van der Waals surface area contributed by atoms with Gasteiger partial charge in [-0.2, -0.15) is 4.99 Å². The van der Waals surface area contributed by atoms with Crippen LogP contribution in [0.25, 0.3) is 10.2 Å². The number of methoxy groups -OCH3 is 1. The van der Waals surface area contributed by atoms with E-state index in [-0.39, 0.29) is 5.91 Å². The topological polar surface area (TPSA) is 43.6 Å². The van der Waals surface area contributed by atoms with Gasteiger partial charge in [0.05, 0.1) is 18.2 Å². The van der Waals surface area contributed by atoms with Gasteiger partial charge in [-0.25, -0.2) is 0 Å². The van der Waals surface area contributed by atoms with Crippen molar-refractivity contribution in [2.75, 3.05) is 7.11 Å². The van der Waals surface area contributed by atoms with Gasteiger partial charge in [-0.1, -0.05) is 41.2 Å². The van der Waals surface area contributed by atoms with Crippen molar-refractivity contribution in [1.29, 1.82) is 0 Å². The third-order valence-corrected chi connectivity index (χ3v) is 5.80. The summed E-state index contributed by atoms with van der Waals surface area (Å²) in [4.78, 5) is 17.8. The number of benzene rings is 2. The van der Waals surface area contributed by atoms with Gasteiger partial charge >= 0.3 is 0 Å². The SMILES string of the molecule is CCn1c(=NC(=O)Cc2cc(C)ccc2C)sc2c(C)ccc(OC)c21. The Morgan fingerprint density at radius 1 is 1.15 bits per heavy atom. The summed E-state index contributed by atoms with van der Waals surface area (Å²) in [7, 11) is 1.67. The lowest BCUT2D eigenvalue weighted by atomic mass is 10.0. The molecule has 0 spiro atoms. The molecule has 0 aliphatic rings. The van der Waals surface area contributed by atoms with E-state index in [2.05, 4.69) is 41.6 Å². The van der Waals surface area contributed by atoms with Crippen molar-refractivity contribution in [3.63, 3.8) is 0 Å². The minimum absolute atomic E-state index is 0.121. The molecule has 0 saturated heterocycles. The highest BCUT2D eigenvalue weighted by Gasteiger charge is 2.14. The lowest BCUT2D eigenvalue weighted by molar-refractivity contribution is -0.117. The smallest absolute Gasteiger partial charge is 0.252 e. The monoisotopic (exact) mass is 368 g/mol. The second-order valence-corrected chi connectivity index (χ2v) is 7.48. The van der Waals surface area contributed by atoms with Crippen molar-refractivity contribution in [3.05, 3.63) is 57.4 Å². The molecule has 0 aliphatic heterocycles. The molecular formula is C21H24N2O2S. The maximum Gasteiger partial charge on any atom is 0.252 e. The summed E-state index contributed by atoms with van der Waals surface area (Å²) in [5, 5.41) is 0. The predicted octanol–water partition coefficient (Wildman–Crippen LogP) is 4.33. The molecule has 5 heteroatoms. The van der Waals surface area contributed by atoms with Crippen LogP contribution in [0.2, 0.25) is 0 Å². The molecule has 2 aromatic carbocycles. The van der Waals surface area contributed by atoms with Gasteiger partial charge in [-0.05, 0) is 50.5 Å². The molecule has 1 amide bonds. The summed E-state index contributed by atoms with van der Waals surface area (Å²) in [6.45, 7) is 8.93. The number of aryl methyl sites for hydroxylation is 4. The number of fused-ring (bicyclic) bond motifs is 1. The summed E-state index contributed by atoms with van der Waals surface area (Å²) in [6.07, 6.45) is 0.321. The Hall–Kier alpha value is -2.40. The fourth-order valence-corrected chi connectivity index (χ4v) is 4.32. The van der Waals surface area contributed by atoms with E-state index in [0.717, 1.165) is 49.6 Å². The zero-order valence-corrected chi connectivity index (χ0v) is 16.7. The first kappa shape index (κ1) is 18.4. The summed E-state index contributed by atoms with van der Waals surface area (Å²) in [6, 6.07) is 10.2. The van der Waals surface area contributed by atoms with Crippen molar-refractivity contribution in [2.24, 2.45) is 4.99 Å². The molecule has 26 heavy (non-hydrogen) atoms. The largest absolute Gasteiger partial charge is 0.495 e. The molecule has 0 aliphatic carbocycles. The molecule has 3 rings (SSSR count). The van der Waals surface area contributed by atoms with Gasteiger partial charge in [0.25, 0.3) is 5.91 Å². The first-order chi connectivity index (χ1) is 12.4. The number of nitrogens with zero attached hydrogens (tertiary/aromatic N) is 2. The fourth-order valence-electron chi connectivity index (χ4n) is 3.12. The van der Waals surface area contributed by atoms with E-state index >= 15 is 0 Å². The number of thiazole rings is 1. The maximum absolute atomic E-state index is 12.6. The van der Waals surface area contributed by atoms with E-state index < -0.39 is 0 Å². The van der Waals surface area contributed by atoms with Crippen molar-refractivity contribution in [2.45, 2.75) is 40.7 Å². The van der Waals surface area contributed by atoms with E-state index in [9.17, 15) is 4.79 Å². The number of ether oxygens (including phenoxy) is 1. The highest BCUT2D eigenvalue weighted by atomic mass is 32.1. The van der Waals surface area contributed by atoms with Crippen molar-refractivity contribution < 1.29 is 9.53 Å². The van der Waals surface area contributed by atoms with Gasteiger partial charge in [-0.3, -0.25) is 4.79 Å². The molecule has 0 bridgehead atoms. The fraction of sp³-hybridized carbons (Fsp3) is 0.333. The lowest BCUT2D eigenvalue weighted by Crippen LogP contribution is -2.17. The lowest BCUT2D eigenvalue weighted by Gasteiger charge is -2.07. The summed E-state index contributed by atoms with van der Waals surface area (Å²) >= 11 is 1.55. The Kier molecular flexibility index (Phi) is 5.28. The predicted molar refractivity (Wildman–Crippen MR) is 107 cm³/mol. The summed E-state index contributed by atoms with van der Waals surface area (Å²) in [5.41, 5.74) is 5.49. The average molecular weight is 369 g/mol. The summed E-state index contributed by atoms with van der Waals surface area (Å²) in [5.74, 6) is 0.691. The van der Waals surface area contributed by atoms with Crippen LogP contribution >= 0.6 is 11.3 Å². The second kappa shape index (κ2) is 7.46. The van der Waals surface area contributed by atoms with E-state index in [1.807, 2.05) is 26.0 Å². The van der Waals surface area contributed by atoms with Crippen LogP contribution in [-0.2, 0) is 17.8 Å². The molecule has 4 nitrogen and oxygen atoms in total. The van der Waals surface area contributed by atoms with Crippen LogP contribution in [0.4, 0.5) is 0 Å². The third-order valence-electron chi connectivity index (χ3n) is 4.59. The van der Waals surface area contributed by atoms with E-state index in [4.69, 9.17) is 4.74 Å².